The Labute approximate surface area is 111 Å². The lowest BCUT2D eigenvalue weighted by atomic mass is 10.1. The van der Waals surface area contributed by atoms with Gasteiger partial charge in [0.2, 0.25) is 0 Å². The molecule has 1 aliphatic rings. The molecule has 3 nitrogen and oxygen atoms in total. The third kappa shape index (κ3) is 4.41. The van der Waals surface area contributed by atoms with Crippen LogP contribution in [0.4, 0.5) is 0 Å². The van der Waals surface area contributed by atoms with Crippen LogP contribution in [0.5, 0.6) is 0 Å². The Balaban J connectivity index is 1.77. The molecule has 2 rings (SSSR count). The van der Waals surface area contributed by atoms with E-state index in [1.54, 1.807) is 0 Å². The van der Waals surface area contributed by atoms with E-state index < -0.39 is 0 Å². The Morgan fingerprint density at radius 2 is 1.56 bits per heavy atom. The Kier molecular flexibility index (Phi) is 4.38. The molecule has 3 heteroatoms. The maximum atomic E-state index is 6.07. The number of rotatable bonds is 4. The second kappa shape index (κ2) is 5.83. The van der Waals surface area contributed by atoms with Gasteiger partial charge in [-0.3, -0.25) is 9.80 Å². The highest BCUT2D eigenvalue weighted by atomic mass is 15.3. The van der Waals surface area contributed by atoms with Crippen LogP contribution in [-0.4, -0.2) is 48.1 Å². The van der Waals surface area contributed by atoms with Crippen LogP contribution in [-0.2, 0) is 6.54 Å². The summed E-state index contributed by atoms with van der Waals surface area (Å²) in [5.41, 5.74) is 7.40. The highest BCUT2D eigenvalue weighted by Crippen LogP contribution is 2.10. The van der Waals surface area contributed by atoms with Gasteiger partial charge in [0, 0.05) is 44.8 Å². The monoisotopic (exact) mass is 247 g/mol. The van der Waals surface area contributed by atoms with E-state index in [0.717, 1.165) is 39.3 Å². The molecule has 0 spiro atoms. The van der Waals surface area contributed by atoms with Crippen molar-refractivity contribution in [2.45, 2.75) is 25.9 Å². The van der Waals surface area contributed by atoms with Gasteiger partial charge < -0.3 is 5.73 Å². The number of hydrogen-bond donors (Lipinski definition) is 1. The fourth-order valence-electron chi connectivity index (χ4n) is 2.52. The van der Waals surface area contributed by atoms with E-state index in [9.17, 15) is 0 Å². The Morgan fingerprint density at radius 3 is 2.11 bits per heavy atom. The lowest BCUT2D eigenvalue weighted by Gasteiger charge is -2.37. The van der Waals surface area contributed by atoms with E-state index in [2.05, 4.69) is 54.0 Å². The predicted octanol–water partition coefficient (Wildman–Crippen LogP) is 1.54. The molecule has 0 amide bonds. The van der Waals surface area contributed by atoms with Crippen molar-refractivity contribution < 1.29 is 0 Å². The molecule has 0 aromatic heterocycles. The summed E-state index contributed by atoms with van der Waals surface area (Å²) in [6, 6.07) is 10.7. The summed E-state index contributed by atoms with van der Waals surface area (Å²) in [6.07, 6.45) is 0. The van der Waals surface area contributed by atoms with Crippen molar-refractivity contribution in [1.29, 1.82) is 0 Å². The first-order valence-electron chi connectivity index (χ1n) is 6.80. The van der Waals surface area contributed by atoms with Gasteiger partial charge in [-0.1, -0.05) is 30.3 Å². The van der Waals surface area contributed by atoms with Crippen LogP contribution in [0, 0.1) is 0 Å². The van der Waals surface area contributed by atoms with Gasteiger partial charge in [-0.25, -0.2) is 0 Å². The van der Waals surface area contributed by atoms with Crippen LogP contribution in [0.2, 0.25) is 0 Å². The Morgan fingerprint density at radius 1 is 1.00 bits per heavy atom. The molecule has 1 heterocycles. The zero-order valence-corrected chi connectivity index (χ0v) is 11.6. The molecule has 0 atom stereocenters. The molecular formula is C15H25N3. The number of piperazine rings is 1. The quantitative estimate of drug-likeness (QED) is 0.876. The number of hydrogen-bond acceptors (Lipinski definition) is 3. The molecule has 1 aromatic rings. The minimum Gasteiger partial charge on any atom is -0.324 e. The van der Waals surface area contributed by atoms with E-state index in [-0.39, 0.29) is 5.54 Å². The maximum Gasteiger partial charge on any atom is 0.0234 e. The zero-order chi connectivity index (χ0) is 13.0. The number of benzene rings is 1. The first-order valence-corrected chi connectivity index (χ1v) is 6.80. The summed E-state index contributed by atoms with van der Waals surface area (Å²) in [7, 11) is 0. The van der Waals surface area contributed by atoms with Crippen molar-refractivity contribution in [3.63, 3.8) is 0 Å². The fourth-order valence-corrected chi connectivity index (χ4v) is 2.52. The van der Waals surface area contributed by atoms with Crippen LogP contribution in [0.25, 0.3) is 0 Å². The van der Waals surface area contributed by atoms with Crippen LogP contribution in [0.15, 0.2) is 30.3 Å². The summed E-state index contributed by atoms with van der Waals surface area (Å²) in [5.74, 6) is 0. The zero-order valence-electron chi connectivity index (χ0n) is 11.6. The van der Waals surface area contributed by atoms with Crippen molar-refractivity contribution in [1.82, 2.24) is 9.80 Å². The lowest BCUT2D eigenvalue weighted by molar-refractivity contribution is 0.112. The molecule has 1 fully saturated rings. The van der Waals surface area contributed by atoms with E-state index in [0.29, 0.717) is 0 Å². The Bertz CT molecular complexity index is 348. The van der Waals surface area contributed by atoms with Crippen molar-refractivity contribution in [3.05, 3.63) is 35.9 Å². The largest absolute Gasteiger partial charge is 0.324 e. The SMILES string of the molecule is CC(C)(N)CN1CCN(Cc2ccccc2)CC1. The molecule has 1 aliphatic heterocycles. The van der Waals surface area contributed by atoms with E-state index >= 15 is 0 Å². The van der Waals surface area contributed by atoms with Crippen molar-refractivity contribution in [2.75, 3.05) is 32.7 Å². The topological polar surface area (TPSA) is 32.5 Å². The van der Waals surface area contributed by atoms with Gasteiger partial charge in [-0.2, -0.15) is 0 Å². The highest BCUT2D eigenvalue weighted by molar-refractivity contribution is 5.14. The molecule has 1 aromatic carbocycles. The van der Waals surface area contributed by atoms with Crippen LogP contribution in [0.3, 0.4) is 0 Å². The molecule has 2 N–H and O–H groups in total. The van der Waals surface area contributed by atoms with Crippen molar-refractivity contribution in [2.24, 2.45) is 5.73 Å². The average molecular weight is 247 g/mol. The number of nitrogens with two attached hydrogens (primary N) is 1. The standard InChI is InChI=1S/C15H25N3/c1-15(2,16)13-18-10-8-17(9-11-18)12-14-6-4-3-5-7-14/h3-7H,8-13,16H2,1-2H3. The minimum atomic E-state index is -0.0817. The van der Waals surface area contributed by atoms with E-state index in [4.69, 9.17) is 5.73 Å². The van der Waals surface area contributed by atoms with Gasteiger partial charge in [0.25, 0.3) is 0 Å². The maximum absolute atomic E-state index is 6.07. The van der Waals surface area contributed by atoms with Gasteiger partial charge in [-0.15, -0.1) is 0 Å². The van der Waals surface area contributed by atoms with Gasteiger partial charge >= 0.3 is 0 Å². The summed E-state index contributed by atoms with van der Waals surface area (Å²) in [6.45, 7) is 10.8. The summed E-state index contributed by atoms with van der Waals surface area (Å²) >= 11 is 0. The summed E-state index contributed by atoms with van der Waals surface area (Å²) < 4.78 is 0. The van der Waals surface area contributed by atoms with E-state index in [1.807, 2.05) is 0 Å². The van der Waals surface area contributed by atoms with Crippen LogP contribution < -0.4 is 5.73 Å². The third-order valence-electron chi connectivity index (χ3n) is 3.35. The van der Waals surface area contributed by atoms with Gasteiger partial charge in [0.1, 0.15) is 0 Å². The fraction of sp³-hybridized carbons (Fsp3) is 0.600. The molecule has 18 heavy (non-hydrogen) atoms. The average Bonchev–Trinajstić information content (AvgIpc) is 2.31. The molecule has 0 saturated carbocycles. The molecule has 0 unspecified atom stereocenters. The van der Waals surface area contributed by atoms with Crippen LogP contribution in [0.1, 0.15) is 19.4 Å². The smallest absolute Gasteiger partial charge is 0.0234 e. The molecule has 0 radical (unpaired) electrons. The summed E-state index contributed by atoms with van der Waals surface area (Å²) in [4.78, 5) is 5.00. The van der Waals surface area contributed by atoms with Gasteiger partial charge in [0.05, 0.1) is 0 Å². The highest BCUT2D eigenvalue weighted by Gasteiger charge is 2.21. The third-order valence-corrected chi connectivity index (χ3v) is 3.35. The second-order valence-electron chi connectivity index (χ2n) is 6.03. The lowest BCUT2D eigenvalue weighted by Crippen LogP contribution is -2.52. The molecule has 0 aliphatic carbocycles. The van der Waals surface area contributed by atoms with Crippen LogP contribution >= 0.6 is 0 Å². The second-order valence-corrected chi connectivity index (χ2v) is 6.03. The first-order chi connectivity index (χ1) is 8.53. The summed E-state index contributed by atoms with van der Waals surface area (Å²) in [5, 5.41) is 0. The van der Waals surface area contributed by atoms with E-state index in [1.165, 1.54) is 5.56 Å². The van der Waals surface area contributed by atoms with Gasteiger partial charge in [0.15, 0.2) is 0 Å². The molecule has 100 valence electrons. The molecular weight excluding hydrogens is 222 g/mol. The first kappa shape index (κ1) is 13.5. The predicted molar refractivity (Wildman–Crippen MR) is 76.4 cm³/mol. The minimum absolute atomic E-state index is 0.0817. The van der Waals surface area contributed by atoms with Crippen molar-refractivity contribution >= 4 is 0 Å². The Hall–Kier alpha value is -0.900. The molecule has 0 bridgehead atoms. The number of nitrogens with zero attached hydrogens (tertiary/aromatic N) is 2. The van der Waals surface area contributed by atoms with Crippen molar-refractivity contribution in [3.8, 4) is 0 Å². The molecule has 1 saturated heterocycles. The normalized spacial score (nSPS) is 19.1. The van der Waals surface area contributed by atoms with Gasteiger partial charge in [-0.05, 0) is 19.4 Å².